The third kappa shape index (κ3) is 4.13. The first-order valence-corrected chi connectivity index (χ1v) is 6.51. The van der Waals surface area contributed by atoms with Gasteiger partial charge in [-0.25, -0.2) is 0 Å². The molecule has 3 nitrogen and oxygen atoms in total. The summed E-state index contributed by atoms with van der Waals surface area (Å²) in [6.07, 6.45) is 0. The fourth-order valence-corrected chi connectivity index (χ4v) is 1.74. The molecule has 94 valence electrons. The molecule has 0 radical (unpaired) electrons. The third-order valence-electron chi connectivity index (χ3n) is 2.80. The number of hydrogen-bond donors (Lipinski definition) is 2. The highest BCUT2D eigenvalue weighted by molar-refractivity contribution is 9.10. The molecule has 17 heavy (non-hydrogen) atoms. The van der Waals surface area contributed by atoms with Crippen LogP contribution < -0.4 is 11.1 Å². The smallest absolute Gasteiger partial charge is 0.251 e. The number of nitrogens with two attached hydrogens (primary N) is 1. The number of carbonyl (C=O) groups excluding carboxylic acids is 1. The van der Waals surface area contributed by atoms with Crippen LogP contribution in [0.1, 0.15) is 29.8 Å². The van der Waals surface area contributed by atoms with E-state index in [2.05, 4.69) is 21.2 Å². The van der Waals surface area contributed by atoms with E-state index in [4.69, 9.17) is 5.73 Å². The second-order valence-electron chi connectivity index (χ2n) is 4.58. The molecule has 1 rings (SSSR count). The summed E-state index contributed by atoms with van der Waals surface area (Å²) >= 11 is 3.36. The van der Waals surface area contributed by atoms with Gasteiger partial charge in [0.1, 0.15) is 0 Å². The summed E-state index contributed by atoms with van der Waals surface area (Å²) < 4.78 is 0.904. The molecule has 0 aliphatic rings. The van der Waals surface area contributed by atoms with E-state index in [-0.39, 0.29) is 11.9 Å². The van der Waals surface area contributed by atoms with Crippen molar-refractivity contribution in [1.82, 2.24) is 5.32 Å². The summed E-state index contributed by atoms with van der Waals surface area (Å²) in [4.78, 5) is 12.0. The fraction of sp³-hybridized carbons (Fsp3) is 0.462. The van der Waals surface area contributed by atoms with Gasteiger partial charge < -0.3 is 11.1 Å². The van der Waals surface area contributed by atoms with Gasteiger partial charge in [-0.05, 0) is 30.5 Å². The Morgan fingerprint density at radius 1 is 1.47 bits per heavy atom. The van der Waals surface area contributed by atoms with Gasteiger partial charge in [-0.1, -0.05) is 35.8 Å². The Kier molecular flexibility index (Phi) is 5.15. The van der Waals surface area contributed by atoms with Crippen molar-refractivity contribution in [1.29, 1.82) is 0 Å². The van der Waals surface area contributed by atoms with Gasteiger partial charge in [-0.3, -0.25) is 4.79 Å². The van der Waals surface area contributed by atoms with Gasteiger partial charge in [-0.2, -0.15) is 0 Å². The monoisotopic (exact) mass is 298 g/mol. The quantitative estimate of drug-likeness (QED) is 0.897. The predicted octanol–water partition coefficient (Wildman–Crippen LogP) is 2.47. The Labute approximate surface area is 111 Å². The van der Waals surface area contributed by atoms with E-state index in [1.807, 2.05) is 39.0 Å². The molecule has 3 N–H and O–H groups in total. The standard InChI is InChI=1S/C13H19BrN2O/c1-8(2)12(15)7-16-13(17)11-6-10(14)5-4-9(11)3/h4-6,8,12H,7,15H2,1-3H3,(H,16,17). The van der Waals surface area contributed by atoms with E-state index in [0.29, 0.717) is 18.0 Å². The van der Waals surface area contributed by atoms with Crippen molar-refractivity contribution < 1.29 is 4.79 Å². The molecule has 0 saturated carbocycles. The number of rotatable bonds is 4. The van der Waals surface area contributed by atoms with E-state index in [1.54, 1.807) is 0 Å². The molecular weight excluding hydrogens is 280 g/mol. The zero-order valence-corrected chi connectivity index (χ0v) is 12.0. The highest BCUT2D eigenvalue weighted by Crippen LogP contribution is 2.15. The molecule has 0 fully saturated rings. The maximum atomic E-state index is 12.0. The maximum absolute atomic E-state index is 12.0. The van der Waals surface area contributed by atoms with E-state index in [0.717, 1.165) is 10.0 Å². The number of amides is 1. The molecule has 4 heteroatoms. The van der Waals surface area contributed by atoms with E-state index in [9.17, 15) is 4.79 Å². The van der Waals surface area contributed by atoms with Gasteiger partial charge in [0.05, 0.1) is 0 Å². The van der Waals surface area contributed by atoms with Crippen molar-refractivity contribution in [2.45, 2.75) is 26.8 Å². The minimum atomic E-state index is -0.0695. The van der Waals surface area contributed by atoms with Crippen LogP contribution >= 0.6 is 15.9 Å². The zero-order chi connectivity index (χ0) is 13.0. The van der Waals surface area contributed by atoms with Gasteiger partial charge in [0.25, 0.3) is 5.91 Å². The van der Waals surface area contributed by atoms with Crippen LogP contribution in [0.15, 0.2) is 22.7 Å². The highest BCUT2D eigenvalue weighted by atomic mass is 79.9. The van der Waals surface area contributed by atoms with Crippen molar-refractivity contribution in [2.24, 2.45) is 11.7 Å². The molecule has 1 aromatic rings. The molecule has 0 bridgehead atoms. The number of aryl methyl sites for hydroxylation is 1. The molecule has 1 amide bonds. The minimum absolute atomic E-state index is 0.00795. The number of halogens is 1. The fourth-order valence-electron chi connectivity index (χ4n) is 1.38. The second-order valence-corrected chi connectivity index (χ2v) is 5.49. The number of nitrogens with one attached hydrogen (secondary N) is 1. The topological polar surface area (TPSA) is 55.1 Å². The average Bonchev–Trinajstić information content (AvgIpc) is 2.28. The maximum Gasteiger partial charge on any atom is 0.251 e. The average molecular weight is 299 g/mol. The lowest BCUT2D eigenvalue weighted by Crippen LogP contribution is -2.40. The van der Waals surface area contributed by atoms with Crippen LogP contribution in [0.2, 0.25) is 0 Å². The first-order valence-electron chi connectivity index (χ1n) is 5.71. The summed E-state index contributed by atoms with van der Waals surface area (Å²) in [6.45, 7) is 6.51. The van der Waals surface area contributed by atoms with Gasteiger partial charge >= 0.3 is 0 Å². The Balaban J connectivity index is 2.67. The first-order chi connectivity index (χ1) is 7.91. The van der Waals surface area contributed by atoms with Gasteiger partial charge in [0, 0.05) is 22.6 Å². The predicted molar refractivity (Wildman–Crippen MR) is 74.0 cm³/mol. The number of hydrogen-bond acceptors (Lipinski definition) is 2. The lowest BCUT2D eigenvalue weighted by atomic mass is 10.0. The highest BCUT2D eigenvalue weighted by Gasteiger charge is 2.12. The van der Waals surface area contributed by atoms with Crippen molar-refractivity contribution in [2.75, 3.05) is 6.54 Å². The Bertz CT molecular complexity index is 404. The molecule has 0 aromatic heterocycles. The van der Waals surface area contributed by atoms with Crippen molar-refractivity contribution in [3.8, 4) is 0 Å². The lowest BCUT2D eigenvalue weighted by molar-refractivity contribution is 0.0948. The molecule has 0 spiro atoms. The molecule has 0 heterocycles. The van der Waals surface area contributed by atoms with Crippen LogP contribution in [0.4, 0.5) is 0 Å². The Morgan fingerprint density at radius 3 is 2.71 bits per heavy atom. The third-order valence-corrected chi connectivity index (χ3v) is 3.29. The van der Waals surface area contributed by atoms with E-state index < -0.39 is 0 Å². The molecular formula is C13H19BrN2O. The van der Waals surface area contributed by atoms with E-state index in [1.165, 1.54) is 0 Å². The number of carbonyl (C=O) groups is 1. The van der Waals surface area contributed by atoms with Crippen molar-refractivity contribution in [3.63, 3.8) is 0 Å². The van der Waals surface area contributed by atoms with Crippen LogP contribution in [0.25, 0.3) is 0 Å². The van der Waals surface area contributed by atoms with Gasteiger partial charge in [0.15, 0.2) is 0 Å². The van der Waals surface area contributed by atoms with E-state index >= 15 is 0 Å². The summed E-state index contributed by atoms with van der Waals surface area (Å²) in [5.74, 6) is 0.291. The van der Waals surface area contributed by atoms with Gasteiger partial charge in [-0.15, -0.1) is 0 Å². The van der Waals surface area contributed by atoms with Gasteiger partial charge in [0.2, 0.25) is 0 Å². The Hall–Kier alpha value is -0.870. The minimum Gasteiger partial charge on any atom is -0.350 e. The molecule has 1 unspecified atom stereocenters. The largest absolute Gasteiger partial charge is 0.350 e. The van der Waals surface area contributed by atoms with Crippen LogP contribution in [0.5, 0.6) is 0 Å². The van der Waals surface area contributed by atoms with Crippen LogP contribution in [0.3, 0.4) is 0 Å². The first kappa shape index (κ1) is 14.2. The Morgan fingerprint density at radius 2 is 2.12 bits per heavy atom. The van der Waals surface area contributed by atoms with Crippen LogP contribution in [-0.4, -0.2) is 18.5 Å². The second kappa shape index (κ2) is 6.17. The van der Waals surface area contributed by atoms with Crippen LogP contribution in [0, 0.1) is 12.8 Å². The molecule has 0 saturated heterocycles. The molecule has 1 aromatic carbocycles. The molecule has 1 atom stereocenters. The molecule has 0 aliphatic carbocycles. The summed E-state index contributed by atoms with van der Waals surface area (Å²) in [5.41, 5.74) is 7.54. The summed E-state index contributed by atoms with van der Waals surface area (Å²) in [5, 5.41) is 2.86. The zero-order valence-electron chi connectivity index (χ0n) is 10.5. The summed E-state index contributed by atoms with van der Waals surface area (Å²) in [6, 6.07) is 5.66. The van der Waals surface area contributed by atoms with Crippen LogP contribution in [-0.2, 0) is 0 Å². The SMILES string of the molecule is Cc1ccc(Br)cc1C(=O)NCC(N)C(C)C. The lowest BCUT2D eigenvalue weighted by Gasteiger charge is -2.16. The molecule has 0 aliphatic heterocycles. The number of benzene rings is 1. The normalized spacial score (nSPS) is 12.6. The van der Waals surface area contributed by atoms with Crippen molar-refractivity contribution >= 4 is 21.8 Å². The summed E-state index contributed by atoms with van der Waals surface area (Å²) in [7, 11) is 0. The van der Waals surface area contributed by atoms with Crippen molar-refractivity contribution in [3.05, 3.63) is 33.8 Å².